The summed E-state index contributed by atoms with van der Waals surface area (Å²) < 4.78 is 30.9. The van der Waals surface area contributed by atoms with Crippen molar-refractivity contribution in [2.24, 2.45) is 0 Å². The molecule has 16 heavy (non-hydrogen) atoms. The first-order valence-corrected chi connectivity index (χ1v) is 4.53. The molecule has 0 amide bonds. The smallest absolute Gasteiger partial charge is 0.202 e. The van der Waals surface area contributed by atoms with Gasteiger partial charge >= 0.3 is 0 Å². The third-order valence-corrected chi connectivity index (χ3v) is 2.23. The van der Waals surface area contributed by atoms with Crippen LogP contribution in [0.5, 0.6) is 5.75 Å². The minimum atomic E-state index is -0.743. The van der Waals surface area contributed by atoms with Crippen LogP contribution in [0, 0.1) is 18.6 Å². The van der Waals surface area contributed by atoms with E-state index in [1.807, 2.05) is 0 Å². The van der Waals surface area contributed by atoms with Gasteiger partial charge in [0.05, 0.1) is 5.56 Å². The van der Waals surface area contributed by atoms with Crippen LogP contribution in [0.15, 0.2) is 22.6 Å². The van der Waals surface area contributed by atoms with Gasteiger partial charge in [-0.2, -0.15) is 0 Å². The summed E-state index contributed by atoms with van der Waals surface area (Å²) in [6, 6.07) is 2.89. The van der Waals surface area contributed by atoms with Crippen molar-refractivity contribution in [3.63, 3.8) is 0 Å². The first-order chi connectivity index (χ1) is 7.49. The Hall–Kier alpha value is -2.04. The number of halogens is 2. The highest BCUT2D eigenvalue weighted by Gasteiger charge is 2.17. The van der Waals surface area contributed by atoms with E-state index >= 15 is 0 Å². The number of aryl methyl sites for hydroxylation is 1. The summed E-state index contributed by atoms with van der Waals surface area (Å²) in [6.07, 6.45) is 0. The SMILES string of the molecule is Cc1oc(N)c(-c2cc(F)cc(F)c2)c1O. The summed E-state index contributed by atoms with van der Waals surface area (Å²) in [5.41, 5.74) is 5.75. The zero-order chi connectivity index (χ0) is 11.9. The van der Waals surface area contributed by atoms with Crippen molar-refractivity contribution in [1.29, 1.82) is 0 Å². The zero-order valence-electron chi connectivity index (χ0n) is 8.42. The lowest BCUT2D eigenvalue weighted by molar-refractivity contribution is 0.446. The minimum absolute atomic E-state index is 0.0694. The number of anilines is 1. The molecule has 0 spiro atoms. The number of hydrogen-bond donors (Lipinski definition) is 2. The summed E-state index contributed by atoms with van der Waals surface area (Å²) >= 11 is 0. The fraction of sp³-hybridized carbons (Fsp3) is 0.0909. The van der Waals surface area contributed by atoms with Gasteiger partial charge in [-0.05, 0) is 24.6 Å². The Balaban J connectivity index is 2.67. The van der Waals surface area contributed by atoms with Crippen LogP contribution < -0.4 is 5.73 Å². The largest absolute Gasteiger partial charge is 0.504 e. The number of aromatic hydroxyl groups is 1. The molecule has 84 valence electrons. The molecule has 0 atom stereocenters. The number of furan rings is 1. The molecule has 0 unspecified atom stereocenters. The Kier molecular flexibility index (Phi) is 2.30. The van der Waals surface area contributed by atoms with Crippen LogP contribution in [0.25, 0.3) is 11.1 Å². The van der Waals surface area contributed by atoms with Crippen molar-refractivity contribution >= 4 is 5.88 Å². The predicted octanol–water partition coefficient (Wildman–Crippen LogP) is 2.82. The molecular weight excluding hydrogens is 216 g/mol. The molecule has 1 aromatic heterocycles. The lowest BCUT2D eigenvalue weighted by Crippen LogP contribution is -1.88. The van der Waals surface area contributed by atoms with Crippen LogP contribution in [0.3, 0.4) is 0 Å². The summed E-state index contributed by atoms with van der Waals surface area (Å²) in [5.74, 6) is -1.56. The van der Waals surface area contributed by atoms with Crippen molar-refractivity contribution in [1.82, 2.24) is 0 Å². The Bertz CT molecular complexity index is 529. The van der Waals surface area contributed by atoms with E-state index in [4.69, 9.17) is 10.2 Å². The van der Waals surface area contributed by atoms with E-state index in [1.54, 1.807) is 0 Å². The van der Waals surface area contributed by atoms with Crippen molar-refractivity contribution in [3.8, 4) is 16.9 Å². The standard InChI is InChI=1S/C11H9F2NO2/c1-5-10(15)9(11(14)16-5)6-2-7(12)4-8(13)3-6/h2-4,15H,14H2,1H3. The highest BCUT2D eigenvalue weighted by Crippen LogP contribution is 2.39. The van der Waals surface area contributed by atoms with Crippen LogP contribution in [0.4, 0.5) is 14.7 Å². The Labute approximate surface area is 90.1 Å². The number of hydrogen-bond acceptors (Lipinski definition) is 3. The predicted molar refractivity (Wildman–Crippen MR) is 54.9 cm³/mol. The van der Waals surface area contributed by atoms with Gasteiger partial charge in [0, 0.05) is 6.07 Å². The lowest BCUT2D eigenvalue weighted by Gasteiger charge is -2.01. The van der Waals surface area contributed by atoms with Crippen LogP contribution in [-0.4, -0.2) is 5.11 Å². The first kappa shape index (κ1) is 10.5. The van der Waals surface area contributed by atoms with E-state index in [0.717, 1.165) is 18.2 Å². The molecule has 0 bridgehead atoms. The van der Waals surface area contributed by atoms with Crippen molar-refractivity contribution in [2.75, 3.05) is 5.73 Å². The van der Waals surface area contributed by atoms with E-state index in [1.165, 1.54) is 6.92 Å². The summed E-state index contributed by atoms with van der Waals surface area (Å²) in [5, 5.41) is 9.63. The zero-order valence-corrected chi connectivity index (χ0v) is 8.42. The molecule has 0 aliphatic carbocycles. The van der Waals surface area contributed by atoms with Crippen LogP contribution >= 0.6 is 0 Å². The number of benzene rings is 1. The van der Waals surface area contributed by atoms with E-state index in [0.29, 0.717) is 0 Å². The van der Waals surface area contributed by atoms with Gasteiger partial charge in [-0.15, -0.1) is 0 Å². The maximum absolute atomic E-state index is 13.0. The van der Waals surface area contributed by atoms with Gasteiger partial charge in [0.25, 0.3) is 0 Å². The van der Waals surface area contributed by atoms with Crippen molar-refractivity contribution in [3.05, 3.63) is 35.6 Å². The van der Waals surface area contributed by atoms with Crippen molar-refractivity contribution in [2.45, 2.75) is 6.92 Å². The highest BCUT2D eigenvalue weighted by atomic mass is 19.1. The fourth-order valence-electron chi connectivity index (χ4n) is 1.53. The maximum atomic E-state index is 13.0. The molecule has 0 aliphatic heterocycles. The average Bonchev–Trinajstić information content (AvgIpc) is 2.39. The minimum Gasteiger partial charge on any atom is -0.504 e. The van der Waals surface area contributed by atoms with Crippen LogP contribution in [-0.2, 0) is 0 Å². The normalized spacial score (nSPS) is 10.7. The summed E-state index contributed by atoms with van der Waals surface area (Å²) in [4.78, 5) is 0. The second-order valence-electron chi connectivity index (χ2n) is 3.40. The second kappa shape index (κ2) is 3.52. The van der Waals surface area contributed by atoms with Gasteiger partial charge in [-0.1, -0.05) is 0 Å². The fourth-order valence-corrected chi connectivity index (χ4v) is 1.53. The molecule has 1 aromatic carbocycles. The summed E-state index contributed by atoms with van der Waals surface area (Å²) in [6.45, 7) is 1.50. The Morgan fingerprint density at radius 1 is 1.19 bits per heavy atom. The van der Waals surface area contributed by atoms with Gasteiger partial charge in [-0.3, -0.25) is 0 Å². The van der Waals surface area contributed by atoms with Gasteiger partial charge in [0.15, 0.2) is 5.75 Å². The molecule has 3 nitrogen and oxygen atoms in total. The first-order valence-electron chi connectivity index (χ1n) is 4.53. The molecule has 0 aliphatic rings. The molecule has 0 radical (unpaired) electrons. The number of nitrogen functional groups attached to an aromatic ring is 1. The lowest BCUT2D eigenvalue weighted by atomic mass is 10.1. The van der Waals surface area contributed by atoms with E-state index in [2.05, 4.69) is 0 Å². The van der Waals surface area contributed by atoms with E-state index in [9.17, 15) is 13.9 Å². The molecule has 0 fully saturated rings. The third-order valence-electron chi connectivity index (χ3n) is 2.23. The topological polar surface area (TPSA) is 59.4 Å². The Morgan fingerprint density at radius 2 is 1.75 bits per heavy atom. The molecule has 0 saturated heterocycles. The quantitative estimate of drug-likeness (QED) is 0.784. The average molecular weight is 225 g/mol. The Morgan fingerprint density at radius 3 is 2.19 bits per heavy atom. The molecule has 1 heterocycles. The molecule has 2 aromatic rings. The van der Waals surface area contributed by atoms with E-state index in [-0.39, 0.29) is 28.5 Å². The molecular formula is C11H9F2NO2. The van der Waals surface area contributed by atoms with Gasteiger partial charge in [0.2, 0.25) is 5.88 Å². The number of nitrogens with two attached hydrogens (primary N) is 1. The molecule has 3 N–H and O–H groups in total. The molecule has 5 heteroatoms. The van der Waals surface area contributed by atoms with Gasteiger partial charge < -0.3 is 15.3 Å². The van der Waals surface area contributed by atoms with Crippen LogP contribution in [0.1, 0.15) is 5.76 Å². The highest BCUT2D eigenvalue weighted by molar-refractivity contribution is 5.80. The van der Waals surface area contributed by atoms with Crippen molar-refractivity contribution < 1.29 is 18.3 Å². The monoisotopic (exact) mass is 225 g/mol. The molecule has 0 saturated carbocycles. The van der Waals surface area contributed by atoms with E-state index < -0.39 is 11.6 Å². The number of rotatable bonds is 1. The van der Waals surface area contributed by atoms with Gasteiger partial charge in [-0.25, -0.2) is 8.78 Å². The summed E-state index contributed by atoms with van der Waals surface area (Å²) in [7, 11) is 0. The van der Waals surface area contributed by atoms with Crippen LogP contribution in [0.2, 0.25) is 0 Å². The third kappa shape index (κ3) is 1.60. The van der Waals surface area contributed by atoms with Gasteiger partial charge in [0.1, 0.15) is 17.4 Å². The maximum Gasteiger partial charge on any atom is 0.202 e. The second-order valence-corrected chi connectivity index (χ2v) is 3.40. The molecule has 2 rings (SSSR count).